The van der Waals surface area contributed by atoms with E-state index in [1.807, 2.05) is 0 Å². The Hall–Kier alpha value is -2.88. The summed E-state index contributed by atoms with van der Waals surface area (Å²) in [7, 11) is 0. The lowest BCUT2D eigenvalue weighted by molar-refractivity contribution is -0.137. The topological polar surface area (TPSA) is 76.5 Å². The molecule has 2 amide bonds. The summed E-state index contributed by atoms with van der Waals surface area (Å²) in [5.41, 5.74) is -1.20. The van der Waals surface area contributed by atoms with Gasteiger partial charge in [0.15, 0.2) is 0 Å². The number of halogens is 3. The number of morpholine rings is 1. The number of aromatic nitrogens is 2. The van der Waals surface area contributed by atoms with Gasteiger partial charge in [-0.1, -0.05) is 6.92 Å². The molecule has 156 valence electrons. The molecule has 1 unspecified atom stereocenters. The number of hydrogen-bond donors (Lipinski definition) is 1. The molecule has 29 heavy (non-hydrogen) atoms. The van der Waals surface area contributed by atoms with Gasteiger partial charge in [0.1, 0.15) is 0 Å². The van der Waals surface area contributed by atoms with E-state index in [1.54, 1.807) is 30.1 Å². The first kappa shape index (κ1) is 20.8. The molecule has 1 aromatic carbocycles. The summed E-state index contributed by atoms with van der Waals surface area (Å²) < 4.78 is 46.7. The van der Waals surface area contributed by atoms with Crippen molar-refractivity contribution in [3.63, 3.8) is 0 Å². The molecule has 2 heterocycles. The summed E-state index contributed by atoms with van der Waals surface area (Å²) in [4.78, 5) is 26.5. The fourth-order valence-electron chi connectivity index (χ4n) is 2.97. The number of carbonyl (C=O) groups excluding carboxylic acids is 2. The van der Waals surface area contributed by atoms with Crippen LogP contribution in [-0.4, -0.2) is 52.8 Å². The van der Waals surface area contributed by atoms with E-state index >= 15 is 0 Å². The van der Waals surface area contributed by atoms with Crippen LogP contribution in [0.1, 0.15) is 22.8 Å². The van der Waals surface area contributed by atoms with Crippen LogP contribution < -0.4 is 5.32 Å². The van der Waals surface area contributed by atoms with Crippen LogP contribution in [0.2, 0.25) is 0 Å². The molecule has 1 saturated heterocycles. The molecule has 7 nitrogen and oxygen atoms in total. The van der Waals surface area contributed by atoms with Gasteiger partial charge in [0.2, 0.25) is 5.91 Å². The molecule has 0 radical (unpaired) electrons. The minimum Gasteiger partial charge on any atom is -0.378 e. The smallest absolute Gasteiger partial charge is 0.378 e. The Bertz CT molecular complexity index is 862. The first-order valence-electron chi connectivity index (χ1n) is 9.11. The molecule has 0 saturated carbocycles. The van der Waals surface area contributed by atoms with Crippen LogP contribution in [0.4, 0.5) is 18.9 Å². The molecular weight excluding hydrogens is 389 g/mol. The average Bonchev–Trinajstić information content (AvgIpc) is 3.20. The number of rotatable bonds is 5. The maximum Gasteiger partial charge on any atom is 0.416 e. The maximum atomic E-state index is 13.3. The Morgan fingerprint density at radius 2 is 1.97 bits per heavy atom. The highest BCUT2D eigenvalue weighted by molar-refractivity contribution is 5.98. The van der Waals surface area contributed by atoms with E-state index in [1.165, 1.54) is 11.0 Å². The Morgan fingerprint density at radius 1 is 1.24 bits per heavy atom. The molecule has 1 N–H and O–H groups in total. The summed E-state index contributed by atoms with van der Waals surface area (Å²) >= 11 is 0. The molecule has 2 aromatic rings. The van der Waals surface area contributed by atoms with E-state index in [0.717, 1.165) is 12.1 Å². The fourth-order valence-corrected chi connectivity index (χ4v) is 2.97. The van der Waals surface area contributed by atoms with E-state index < -0.39 is 29.5 Å². The second-order valence-corrected chi connectivity index (χ2v) is 6.82. The number of alkyl halides is 3. The Morgan fingerprint density at radius 3 is 2.59 bits per heavy atom. The van der Waals surface area contributed by atoms with Gasteiger partial charge >= 0.3 is 6.18 Å². The third kappa shape index (κ3) is 5.35. The molecule has 1 aliphatic rings. The van der Waals surface area contributed by atoms with Gasteiger partial charge in [-0.25, -0.2) is 0 Å². The van der Waals surface area contributed by atoms with Gasteiger partial charge in [-0.2, -0.15) is 18.3 Å². The van der Waals surface area contributed by atoms with Crippen LogP contribution in [0.25, 0.3) is 0 Å². The van der Waals surface area contributed by atoms with E-state index in [4.69, 9.17) is 4.74 Å². The van der Waals surface area contributed by atoms with Crippen LogP contribution in [0, 0.1) is 5.92 Å². The zero-order valence-corrected chi connectivity index (χ0v) is 15.8. The molecule has 0 aliphatic carbocycles. The van der Waals surface area contributed by atoms with Crippen molar-refractivity contribution >= 4 is 17.5 Å². The minimum absolute atomic E-state index is 0.0752. The van der Waals surface area contributed by atoms with Gasteiger partial charge < -0.3 is 15.0 Å². The van der Waals surface area contributed by atoms with Crippen molar-refractivity contribution in [1.29, 1.82) is 0 Å². The zero-order valence-electron chi connectivity index (χ0n) is 15.8. The highest BCUT2D eigenvalue weighted by Gasteiger charge is 2.33. The number of anilines is 1. The van der Waals surface area contributed by atoms with Gasteiger partial charge in [0.05, 0.1) is 31.2 Å². The van der Waals surface area contributed by atoms with Crippen molar-refractivity contribution in [1.82, 2.24) is 14.7 Å². The Balaban J connectivity index is 1.81. The predicted octanol–water partition coefficient (Wildman–Crippen LogP) is 2.65. The van der Waals surface area contributed by atoms with Crippen LogP contribution in [0.5, 0.6) is 0 Å². The molecule has 10 heteroatoms. The quantitative estimate of drug-likeness (QED) is 0.822. The molecule has 0 bridgehead atoms. The molecule has 1 aliphatic heterocycles. The van der Waals surface area contributed by atoms with Crippen molar-refractivity contribution in [2.75, 3.05) is 31.6 Å². The van der Waals surface area contributed by atoms with Crippen molar-refractivity contribution in [3.05, 3.63) is 47.8 Å². The van der Waals surface area contributed by atoms with Crippen molar-refractivity contribution < 1.29 is 27.5 Å². The second-order valence-electron chi connectivity index (χ2n) is 6.82. The number of amides is 2. The third-order valence-electron chi connectivity index (χ3n) is 4.54. The highest BCUT2D eigenvalue weighted by Crippen LogP contribution is 2.32. The van der Waals surface area contributed by atoms with E-state index in [9.17, 15) is 22.8 Å². The lowest BCUT2D eigenvalue weighted by atomic mass is 10.1. The lowest BCUT2D eigenvalue weighted by Crippen LogP contribution is -2.40. The highest BCUT2D eigenvalue weighted by atomic mass is 19.4. The fraction of sp³-hybridized carbons (Fsp3) is 0.421. The van der Waals surface area contributed by atoms with Crippen LogP contribution in [0.15, 0.2) is 36.7 Å². The maximum absolute atomic E-state index is 13.3. The van der Waals surface area contributed by atoms with Gasteiger partial charge in [0, 0.05) is 36.7 Å². The van der Waals surface area contributed by atoms with Crippen LogP contribution in [-0.2, 0) is 22.3 Å². The molecule has 0 spiro atoms. The first-order chi connectivity index (χ1) is 13.7. The van der Waals surface area contributed by atoms with Crippen molar-refractivity contribution in [3.8, 4) is 0 Å². The predicted molar refractivity (Wildman–Crippen MR) is 98.2 cm³/mol. The number of nitrogens with one attached hydrogen (secondary N) is 1. The van der Waals surface area contributed by atoms with Crippen LogP contribution in [0.3, 0.4) is 0 Å². The monoisotopic (exact) mass is 410 g/mol. The van der Waals surface area contributed by atoms with Crippen molar-refractivity contribution in [2.45, 2.75) is 19.6 Å². The van der Waals surface area contributed by atoms with Gasteiger partial charge in [-0.15, -0.1) is 0 Å². The molecule has 1 atom stereocenters. The first-order valence-corrected chi connectivity index (χ1v) is 9.11. The van der Waals surface area contributed by atoms with Gasteiger partial charge in [-0.05, 0) is 24.3 Å². The summed E-state index contributed by atoms with van der Waals surface area (Å²) in [6.45, 7) is 3.19. The van der Waals surface area contributed by atoms with Crippen molar-refractivity contribution in [2.24, 2.45) is 5.92 Å². The Labute approximate surface area is 165 Å². The summed E-state index contributed by atoms with van der Waals surface area (Å²) in [6.07, 6.45) is -1.39. The second kappa shape index (κ2) is 8.64. The molecule has 1 fully saturated rings. The number of benzene rings is 1. The normalized spacial score (nSPS) is 15.8. The zero-order chi connectivity index (χ0) is 21.0. The lowest BCUT2D eigenvalue weighted by Gasteiger charge is -2.27. The number of hydrogen-bond acceptors (Lipinski definition) is 4. The molecule has 1 aromatic heterocycles. The number of carbonyl (C=O) groups is 2. The van der Waals surface area contributed by atoms with Gasteiger partial charge in [-0.3, -0.25) is 14.3 Å². The minimum atomic E-state index is -4.65. The standard InChI is InChI=1S/C19H21F3N4O3/c1-13(12-26-4-2-3-23-26)17(27)24-16-10-14(9-15(11-16)19(20,21)22)18(28)25-5-7-29-8-6-25/h2-4,9-11,13H,5-8,12H2,1H3,(H,24,27). The summed E-state index contributed by atoms with van der Waals surface area (Å²) in [5, 5.41) is 6.50. The summed E-state index contributed by atoms with van der Waals surface area (Å²) in [5.74, 6) is -1.54. The SMILES string of the molecule is CC(Cn1cccn1)C(=O)Nc1cc(C(=O)N2CCOCC2)cc(C(F)(F)F)c1. The average molecular weight is 410 g/mol. The van der Waals surface area contributed by atoms with E-state index in [-0.39, 0.29) is 17.8 Å². The van der Waals surface area contributed by atoms with E-state index in [2.05, 4.69) is 10.4 Å². The largest absolute Gasteiger partial charge is 0.416 e. The number of nitrogens with zero attached hydrogens (tertiary/aromatic N) is 3. The third-order valence-corrected chi connectivity index (χ3v) is 4.54. The number of ether oxygens (including phenoxy) is 1. The molecular formula is C19H21F3N4O3. The Kier molecular flexibility index (Phi) is 6.21. The summed E-state index contributed by atoms with van der Waals surface area (Å²) in [6, 6.07) is 4.61. The van der Waals surface area contributed by atoms with Gasteiger partial charge in [0.25, 0.3) is 5.91 Å². The van der Waals surface area contributed by atoms with Crippen LogP contribution >= 0.6 is 0 Å². The molecule has 3 rings (SSSR count). The van der Waals surface area contributed by atoms with E-state index in [0.29, 0.717) is 26.3 Å².